The van der Waals surface area contributed by atoms with Crippen molar-refractivity contribution in [3.8, 4) is 5.75 Å². The molecule has 3 aromatic rings. The smallest absolute Gasteiger partial charge is 0.416 e. The molecule has 0 aliphatic carbocycles. The Labute approximate surface area is 292 Å². The number of halogens is 9. The summed E-state index contributed by atoms with van der Waals surface area (Å²) in [5, 5.41) is 0. The number of aromatic nitrogens is 2. The fourth-order valence-electron chi connectivity index (χ4n) is 5.79. The Morgan fingerprint density at radius 2 is 1.42 bits per heavy atom. The van der Waals surface area contributed by atoms with Crippen molar-refractivity contribution in [1.82, 2.24) is 9.97 Å². The summed E-state index contributed by atoms with van der Waals surface area (Å²) in [7, 11) is 0. The predicted octanol–water partition coefficient (Wildman–Crippen LogP) is 9.15. The van der Waals surface area contributed by atoms with E-state index in [1.807, 2.05) is 0 Å². The average Bonchev–Trinajstić information content (AvgIpc) is 3.07. The van der Waals surface area contributed by atoms with E-state index < -0.39 is 71.5 Å². The Morgan fingerprint density at radius 1 is 0.827 bits per heavy atom. The highest BCUT2D eigenvalue weighted by atomic mass is 19.4. The lowest BCUT2D eigenvalue weighted by Crippen LogP contribution is -2.48. The van der Waals surface area contributed by atoms with Crippen LogP contribution in [0.1, 0.15) is 80.3 Å². The number of fused-ring (bicyclic) bond motifs is 1. The molecule has 1 aliphatic heterocycles. The van der Waals surface area contributed by atoms with Crippen LogP contribution in [-0.2, 0) is 39.3 Å². The largest absolute Gasteiger partial charge is 0.490 e. The summed E-state index contributed by atoms with van der Waals surface area (Å²) < 4.78 is 141. The summed E-state index contributed by atoms with van der Waals surface area (Å²) in [5.41, 5.74) is -4.89. The zero-order valence-corrected chi connectivity index (χ0v) is 28.2. The van der Waals surface area contributed by atoms with Crippen molar-refractivity contribution in [3.63, 3.8) is 0 Å². The van der Waals surface area contributed by atoms with Crippen LogP contribution in [-0.4, -0.2) is 47.9 Å². The van der Waals surface area contributed by atoms with Gasteiger partial charge in [0, 0.05) is 19.0 Å². The molecule has 1 aliphatic rings. The summed E-state index contributed by atoms with van der Waals surface area (Å²) in [6, 6.07) is 1.68. The molecular weight excluding hydrogens is 715 g/mol. The normalized spacial score (nSPS) is 16.3. The molecule has 0 fully saturated rings. The number of carbonyl (C=O) groups is 2. The Bertz CT molecular complexity index is 1670. The lowest BCUT2D eigenvalue weighted by molar-refractivity contribution is -0.144. The summed E-state index contributed by atoms with van der Waals surface area (Å²) >= 11 is 0. The van der Waals surface area contributed by atoms with Gasteiger partial charge in [0.05, 0.1) is 60.6 Å². The third-order valence-corrected chi connectivity index (χ3v) is 8.12. The summed E-state index contributed by atoms with van der Waals surface area (Å²) in [4.78, 5) is 35.6. The molecule has 0 saturated carbocycles. The van der Waals surface area contributed by atoms with Gasteiger partial charge >= 0.3 is 30.6 Å². The number of hydrogen-bond donors (Lipinski definition) is 0. The molecule has 0 unspecified atom stereocenters. The fourth-order valence-corrected chi connectivity index (χ4v) is 5.79. The van der Waals surface area contributed by atoms with E-state index in [-0.39, 0.29) is 74.5 Å². The van der Waals surface area contributed by atoms with Crippen LogP contribution in [0.2, 0.25) is 0 Å². The highest BCUT2D eigenvalue weighted by Crippen LogP contribution is 2.46. The molecule has 52 heavy (non-hydrogen) atoms. The molecule has 4 rings (SSSR count). The van der Waals surface area contributed by atoms with Crippen LogP contribution in [0.3, 0.4) is 0 Å². The first-order valence-corrected chi connectivity index (χ1v) is 16.2. The van der Waals surface area contributed by atoms with E-state index in [9.17, 15) is 49.1 Å². The van der Waals surface area contributed by atoms with Gasteiger partial charge in [-0.1, -0.05) is 6.92 Å². The van der Waals surface area contributed by atoms with Crippen LogP contribution in [0.15, 0.2) is 48.8 Å². The number of nitrogens with zero attached hydrogens (tertiary/aromatic N) is 4. The lowest BCUT2D eigenvalue weighted by atomic mass is 9.87. The quantitative estimate of drug-likeness (QED) is 0.103. The number of carbonyl (C=O) groups excluding carboxylic acids is 2. The zero-order chi connectivity index (χ0) is 38.4. The van der Waals surface area contributed by atoms with E-state index in [0.717, 1.165) is 18.2 Å². The van der Waals surface area contributed by atoms with E-state index in [1.54, 1.807) is 13.8 Å². The molecule has 0 radical (unpaired) electrons. The second-order valence-electron chi connectivity index (χ2n) is 11.7. The molecule has 9 nitrogen and oxygen atoms in total. The van der Waals surface area contributed by atoms with E-state index >= 15 is 0 Å². The molecule has 0 N–H and O–H groups in total. The minimum absolute atomic E-state index is 0.00104. The summed E-state index contributed by atoms with van der Waals surface area (Å²) in [6.45, 7) is 4.35. The number of hydrogen-bond acceptors (Lipinski definition) is 8. The molecule has 0 bridgehead atoms. The van der Waals surface area contributed by atoms with Gasteiger partial charge in [-0.25, -0.2) is 14.8 Å². The van der Waals surface area contributed by atoms with Gasteiger partial charge in [-0.2, -0.15) is 39.5 Å². The molecule has 284 valence electrons. The minimum Gasteiger partial charge on any atom is -0.490 e. The standard InChI is InChI=1S/C34H35F9N4O5/c1-4-24-16-28(26-15-21(32(35,36)37)9-10-27(26)47(24)31(49)51-6-3)46(19-20-12-22(33(38,39)40)14-23(13-20)34(41,42)43)30-44-17-25(18-45-30)52-11-7-8-29(48)50-5-2/h9-10,12-15,17-18,24,28H,4-8,11,16,19H2,1-3H3/t24-,28+/m1/s1. The van der Waals surface area contributed by atoms with Crippen molar-refractivity contribution in [2.24, 2.45) is 0 Å². The van der Waals surface area contributed by atoms with E-state index in [1.165, 1.54) is 29.1 Å². The first-order chi connectivity index (χ1) is 24.4. The Morgan fingerprint density at radius 3 is 1.96 bits per heavy atom. The minimum atomic E-state index is -5.17. The van der Waals surface area contributed by atoms with Gasteiger partial charge in [0.1, 0.15) is 0 Å². The van der Waals surface area contributed by atoms with Crippen LogP contribution in [0, 0.1) is 0 Å². The molecule has 0 saturated heterocycles. The first kappa shape index (κ1) is 40.0. The molecule has 2 aromatic carbocycles. The molecule has 0 spiro atoms. The Hall–Kier alpha value is -4.77. The van der Waals surface area contributed by atoms with Crippen molar-refractivity contribution < 1.29 is 63.3 Å². The van der Waals surface area contributed by atoms with Crippen LogP contribution in [0.5, 0.6) is 5.75 Å². The van der Waals surface area contributed by atoms with Crippen LogP contribution >= 0.6 is 0 Å². The number of anilines is 2. The number of rotatable bonds is 12. The van der Waals surface area contributed by atoms with Crippen molar-refractivity contribution in [1.29, 1.82) is 0 Å². The summed E-state index contributed by atoms with van der Waals surface area (Å²) in [6.07, 6.45) is -13.3. The van der Waals surface area contributed by atoms with Gasteiger partial charge in [0.2, 0.25) is 5.95 Å². The topological polar surface area (TPSA) is 94.1 Å². The highest BCUT2D eigenvalue weighted by Gasteiger charge is 2.42. The zero-order valence-electron chi connectivity index (χ0n) is 28.2. The number of esters is 1. The predicted molar refractivity (Wildman–Crippen MR) is 168 cm³/mol. The van der Waals surface area contributed by atoms with E-state index in [4.69, 9.17) is 14.2 Å². The fraction of sp³-hybridized carbons (Fsp3) is 0.471. The van der Waals surface area contributed by atoms with Crippen LogP contribution < -0.4 is 14.5 Å². The first-order valence-electron chi connectivity index (χ1n) is 16.2. The van der Waals surface area contributed by atoms with Crippen molar-refractivity contribution >= 4 is 23.7 Å². The second-order valence-corrected chi connectivity index (χ2v) is 11.7. The number of amides is 1. The third-order valence-electron chi connectivity index (χ3n) is 8.12. The second kappa shape index (κ2) is 16.3. The molecular formula is C34H35F9N4O5. The summed E-state index contributed by atoms with van der Waals surface area (Å²) in [5.74, 6) is -0.614. The van der Waals surface area contributed by atoms with E-state index in [0.29, 0.717) is 12.1 Å². The van der Waals surface area contributed by atoms with Gasteiger partial charge in [-0.05, 0) is 80.6 Å². The Kier molecular flexibility index (Phi) is 12.5. The van der Waals surface area contributed by atoms with Gasteiger partial charge in [0.25, 0.3) is 0 Å². The Balaban J connectivity index is 1.85. The third kappa shape index (κ3) is 9.76. The van der Waals surface area contributed by atoms with Gasteiger partial charge < -0.3 is 19.1 Å². The SMILES string of the molecule is CCOC(=O)CCCOc1cnc(N(Cc2cc(C(F)(F)F)cc(C(F)(F)F)c2)[C@H]2C[C@@H](CC)N(C(=O)OCC)c3ccc(C(F)(F)F)cc32)nc1. The number of ether oxygens (including phenoxy) is 3. The van der Waals surface area contributed by atoms with E-state index in [2.05, 4.69) is 9.97 Å². The van der Waals surface area contributed by atoms with Crippen molar-refractivity contribution in [2.75, 3.05) is 29.6 Å². The average molecular weight is 751 g/mol. The molecule has 1 aromatic heterocycles. The van der Waals surface area contributed by atoms with Gasteiger partial charge in [0.15, 0.2) is 5.75 Å². The highest BCUT2D eigenvalue weighted by molar-refractivity contribution is 5.90. The maximum Gasteiger partial charge on any atom is 0.416 e. The lowest BCUT2D eigenvalue weighted by Gasteiger charge is -2.44. The molecule has 2 heterocycles. The molecule has 2 atom stereocenters. The maximum absolute atomic E-state index is 14.0. The monoisotopic (exact) mass is 750 g/mol. The van der Waals surface area contributed by atoms with Gasteiger partial charge in [-0.15, -0.1) is 0 Å². The number of alkyl halides is 9. The maximum atomic E-state index is 14.0. The van der Waals surface area contributed by atoms with Gasteiger partial charge in [-0.3, -0.25) is 9.69 Å². The molecule has 1 amide bonds. The van der Waals surface area contributed by atoms with Crippen molar-refractivity contribution in [2.45, 2.75) is 83.6 Å². The number of benzene rings is 2. The van der Waals surface area contributed by atoms with Crippen LogP contribution in [0.25, 0.3) is 0 Å². The van der Waals surface area contributed by atoms with Crippen LogP contribution in [0.4, 0.5) is 55.9 Å². The van der Waals surface area contributed by atoms with Crippen molar-refractivity contribution in [3.05, 3.63) is 76.6 Å². The molecule has 18 heteroatoms.